The molecule has 0 amide bonds. The fourth-order valence-corrected chi connectivity index (χ4v) is 6.97. The first-order valence-corrected chi connectivity index (χ1v) is 19.3. The van der Waals surface area contributed by atoms with E-state index in [4.69, 9.17) is 42.7 Å². The molecule has 0 aromatic heterocycles. The first-order valence-electron chi connectivity index (χ1n) is 19.3. The Morgan fingerprint density at radius 1 is 0.577 bits per heavy atom. The standard InChI is InChI=1S/2C7H11NO.2C7H9NO.2C6H12N2/c4*1-6(4-8)7(5-9)2-3-7;2*7-5-3-8-4-6(5)1-2-6/h2*6,9H,2-3,5H2,1H3;2*5-6H,2-3H2,1H3;2*5,8H,1-4,7H2/t6-;;6-;;5-;/m1.1.1./s1. The molecule has 0 aromatic rings. The van der Waals surface area contributed by atoms with Crippen LogP contribution < -0.4 is 22.1 Å². The molecule has 8 fully saturated rings. The summed E-state index contributed by atoms with van der Waals surface area (Å²) in [6, 6.07) is 9.41. The summed E-state index contributed by atoms with van der Waals surface area (Å²) in [6.07, 6.45) is 15.0. The van der Waals surface area contributed by atoms with Crippen LogP contribution in [0.15, 0.2) is 0 Å². The van der Waals surface area contributed by atoms with Crippen LogP contribution in [0.3, 0.4) is 0 Å². The maximum absolute atomic E-state index is 10.3. The number of aliphatic hydroxyl groups is 2. The third-order valence-corrected chi connectivity index (χ3v) is 13.9. The van der Waals surface area contributed by atoms with Gasteiger partial charge in [0.1, 0.15) is 12.6 Å². The fraction of sp³-hybridized carbons (Fsp3) is 0.850. The molecule has 8 rings (SSSR count). The van der Waals surface area contributed by atoms with E-state index in [2.05, 4.69) is 34.9 Å². The Labute approximate surface area is 311 Å². The highest BCUT2D eigenvalue weighted by atomic mass is 16.3. The third kappa shape index (κ3) is 10.6. The highest BCUT2D eigenvalue weighted by molar-refractivity contribution is 5.65. The van der Waals surface area contributed by atoms with Gasteiger partial charge in [-0.1, -0.05) is 0 Å². The van der Waals surface area contributed by atoms with Crippen LogP contribution in [0.4, 0.5) is 0 Å². The highest BCUT2D eigenvalue weighted by Gasteiger charge is 2.52. The minimum absolute atomic E-state index is 0.00521. The van der Waals surface area contributed by atoms with Crippen molar-refractivity contribution < 1.29 is 19.8 Å². The second-order valence-corrected chi connectivity index (χ2v) is 17.3. The quantitative estimate of drug-likeness (QED) is 0.197. The summed E-state index contributed by atoms with van der Waals surface area (Å²) in [5.74, 6) is -0.116. The van der Waals surface area contributed by atoms with Crippen molar-refractivity contribution in [3.8, 4) is 24.3 Å². The summed E-state index contributed by atoms with van der Waals surface area (Å²) in [6.45, 7) is 12.2. The molecule has 2 saturated heterocycles. The molecule has 6 saturated carbocycles. The smallest absolute Gasteiger partial charge is 0.127 e. The zero-order valence-electron chi connectivity index (χ0n) is 32.0. The van der Waals surface area contributed by atoms with Crippen molar-refractivity contribution in [3.05, 3.63) is 0 Å². The van der Waals surface area contributed by atoms with E-state index in [-0.39, 0.29) is 58.5 Å². The van der Waals surface area contributed by atoms with E-state index < -0.39 is 0 Å². The topological polar surface area (TPSA) is 246 Å². The predicted octanol–water partition coefficient (Wildman–Crippen LogP) is 3.48. The summed E-state index contributed by atoms with van der Waals surface area (Å²) in [4.78, 5) is 20.7. The highest BCUT2D eigenvalue weighted by Crippen LogP contribution is 2.53. The van der Waals surface area contributed by atoms with Crippen LogP contribution in [0.2, 0.25) is 0 Å². The van der Waals surface area contributed by atoms with Gasteiger partial charge in [-0.25, -0.2) is 0 Å². The summed E-state index contributed by atoms with van der Waals surface area (Å²) in [5, 5.41) is 58.0. The van der Waals surface area contributed by atoms with Gasteiger partial charge in [-0.05, 0) is 116 Å². The number of nitriles is 4. The Kier molecular flexibility index (Phi) is 15.0. The lowest BCUT2D eigenvalue weighted by Crippen LogP contribution is -2.29. The molecule has 12 heteroatoms. The lowest BCUT2D eigenvalue weighted by Gasteiger charge is -2.12. The number of aldehydes is 2. The lowest BCUT2D eigenvalue weighted by atomic mass is 9.93. The largest absolute Gasteiger partial charge is 0.396 e. The molecule has 288 valence electrons. The maximum Gasteiger partial charge on any atom is 0.127 e. The van der Waals surface area contributed by atoms with Crippen LogP contribution in [0.25, 0.3) is 0 Å². The number of hydrogen-bond acceptors (Lipinski definition) is 12. The first-order chi connectivity index (χ1) is 24.7. The SMILES string of the molecule is CC(C#N)C1(C=O)CC1.CC(C#N)C1(CO)CC1.C[C@H](C#N)C1(C=O)CC1.C[C@H](C#N)C1(CO)CC1.NC1CNCC12CC2.N[C@@H]1CNCC12CC2. The Hall–Kier alpha value is -2.94. The zero-order valence-corrected chi connectivity index (χ0v) is 32.0. The minimum Gasteiger partial charge on any atom is -0.396 e. The lowest BCUT2D eigenvalue weighted by molar-refractivity contribution is -0.113. The van der Waals surface area contributed by atoms with Crippen molar-refractivity contribution in [2.45, 2.75) is 117 Å². The number of nitrogens with one attached hydrogen (secondary N) is 2. The number of carbonyl (C=O) groups is 2. The molecule has 8 aliphatic rings. The van der Waals surface area contributed by atoms with Gasteiger partial charge >= 0.3 is 0 Å². The number of nitrogens with two attached hydrogens (primary N) is 2. The van der Waals surface area contributed by atoms with Gasteiger partial charge in [0.15, 0.2) is 0 Å². The van der Waals surface area contributed by atoms with Gasteiger partial charge in [0.25, 0.3) is 0 Å². The van der Waals surface area contributed by atoms with Crippen LogP contribution in [0.1, 0.15) is 105 Å². The van der Waals surface area contributed by atoms with E-state index in [1.54, 1.807) is 13.8 Å². The van der Waals surface area contributed by atoms with Crippen molar-refractivity contribution in [1.82, 2.24) is 10.6 Å². The predicted molar refractivity (Wildman–Crippen MR) is 197 cm³/mol. The number of carbonyl (C=O) groups excluding carboxylic acids is 2. The Bertz CT molecular complexity index is 1260. The van der Waals surface area contributed by atoms with Gasteiger partial charge in [0.05, 0.1) is 47.9 Å². The first kappa shape index (κ1) is 43.5. The van der Waals surface area contributed by atoms with Crippen LogP contribution in [0, 0.1) is 101 Å². The van der Waals surface area contributed by atoms with E-state index >= 15 is 0 Å². The number of aliphatic hydroxyl groups excluding tert-OH is 2. The second kappa shape index (κ2) is 17.9. The molecule has 2 heterocycles. The third-order valence-electron chi connectivity index (χ3n) is 13.9. The Morgan fingerprint density at radius 2 is 0.865 bits per heavy atom. The van der Waals surface area contributed by atoms with Gasteiger partial charge in [-0.15, -0.1) is 0 Å². The Balaban J connectivity index is 0.000000168. The molecule has 6 aliphatic carbocycles. The number of nitrogens with zero attached hydrogens (tertiary/aromatic N) is 4. The number of hydrogen-bond donors (Lipinski definition) is 6. The van der Waals surface area contributed by atoms with E-state index in [0.717, 1.165) is 77.0 Å². The summed E-state index contributed by atoms with van der Waals surface area (Å²) < 4.78 is 0. The summed E-state index contributed by atoms with van der Waals surface area (Å²) in [5.41, 5.74) is 12.3. The number of rotatable bonds is 8. The average molecular weight is 721 g/mol. The van der Waals surface area contributed by atoms with E-state index in [1.807, 2.05) is 13.8 Å². The fourth-order valence-electron chi connectivity index (χ4n) is 6.97. The Morgan fingerprint density at radius 3 is 0.942 bits per heavy atom. The molecule has 52 heavy (non-hydrogen) atoms. The van der Waals surface area contributed by atoms with Gasteiger partial charge < -0.3 is 41.9 Å². The van der Waals surface area contributed by atoms with Crippen LogP contribution in [-0.2, 0) is 9.59 Å². The van der Waals surface area contributed by atoms with E-state index in [0.29, 0.717) is 22.9 Å². The molecule has 2 aliphatic heterocycles. The van der Waals surface area contributed by atoms with Gasteiger partial charge in [0.2, 0.25) is 0 Å². The van der Waals surface area contributed by atoms with Crippen LogP contribution in [-0.4, -0.2) is 74.3 Å². The molecule has 3 unspecified atom stereocenters. The summed E-state index contributed by atoms with van der Waals surface area (Å²) in [7, 11) is 0. The van der Waals surface area contributed by atoms with Crippen LogP contribution in [0.5, 0.6) is 0 Å². The molecule has 0 radical (unpaired) electrons. The average Bonchev–Trinajstić information content (AvgIpc) is 3.95. The molecule has 12 nitrogen and oxygen atoms in total. The normalized spacial score (nSPS) is 29.4. The van der Waals surface area contributed by atoms with Gasteiger partial charge in [-0.2, -0.15) is 21.0 Å². The summed E-state index contributed by atoms with van der Waals surface area (Å²) >= 11 is 0. The second-order valence-electron chi connectivity index (χ2n) is 17.3. The minimum atomic E-state index is -0.241. The van der Waals surface area contributed by atoms with E-state index in [1.165, 1.54) is 38.8 Å². The molecule has 2 spiro atoms. The molecular formula is C40H64N8O4. The van der Waals surface area contributed by atoms with Crippen molar-refractivity contribution in [3.63, 3.8) is 0 Å². The maximum atomic E-state index is 10.3. The van der Waals surface area contributed by atoms with E-state index in [9.17, 15) is 9.59 Å². The van der Waals surface area contributed by atoms with Crippen molar-refractivity contribution in [2.75, 3.05) is 39.4 Å². The molecule has 8 N–H and O–H groups in total. The van der Waals surface area contributed by atoms with Gasteiger partial charge in [-0.3, -0.25) is 0 Å². The monoisotopic (exact) mass is 721 g/mol. The van der Waals surface area contributed by atoms with Crippen LogP contribution >= 0.6 is 0 Å². The molecule has 6 atom stereocenters. The van der Waals surface area contributed by atoms with Gasteiger partial charge in [0, 0.05) is 73.1 Å². The zero-order chi connectivity index (χ0) is 38.8. The molecular weight excluding hydrogens is 656 g/mol. The van der Waals surface area contributed by atoms with Crippen molar-refractivity contribution >= 4 is 12.6 Å². The molecule has 0 aromatic carbocycles. The molecule has 0 bridgehead atoms. The van der Waals surface area contributed by atoms with Crippen molar-refractivity contribution in [1.29, 1.82) is 21.0 Å². The van der Waals surface area contributed by atoms with Crippen molar-refractivity contribution in [2.24, 2.45) is 67.6 Å².